The highest BCUT2D eigenvalue weighted by atomic mass is 19.3. The average Bonchev–Trinajstić information content (AvgIpc) is 2.16. The lowest BCUT2D eigenvalue weighted by Gasteiger charge is -2.07. The van der Waals surface area contributed by atoms with Crippen molar-refractivity contribution in [2.75, 3.05) is 0 Å². The van der Waals surface area contributed by atoms with Crippen molar-refractivity contribution in [2.24, 2.45) is 0 Å². The van der Waals surface area contributed by atoms with Gasteiger partial charge in [-0.2, -0.15) is 8.78 Å². The molecule has 0 aliphatic carbocycles. The van der Waals surface area contributed by atoms with Gasteiger partial charge < -0.3 is 4.74 Å². The molecule has 0 atom stereocenters. The molecule has 7 heteroatoms. The number of benzene rings is 1. The van der Waals surface area contributed by atoms with Crippen molar-refractivity contribution in [3.8, 4) is 5.75 Å². The molecule has 0 aliphatic heterocycles. The maximum Gasteiger partial charge on any atom is 0.387 e. The van der Waals surface area contributed by atoms with Crippen LogP contribution < -0.4 is 4.74 Å². The minimum absolute atomic E-state index is 0.241. The summed E-state index contributed by atoms with van der Waals surface area (Å²) >= 11 is 0. The zero-order valence-corrected chi connectivity index (χ0v) is 8.15. The zero-order valence-electron chi connectivity index (χ0n) is 8.15. The Labute approximate surface area is 88.8 Å². The molecule has 0 aliphatic rings. The van der Waals surface area contributed by atoms with Crippen molar-refractivity contribution >= 4 is 11.5 Å². The van der Waals surface area contributed by atoms with Crippen molar-refractivity contribution in [2.45, 2.75) is 13.5 Å². The second-order valence-corrected chi connectivity index (χ2v) is 2.87. The van der Waals surface area contributed by atoms with Crippen molar-refractivity contribution in [3.63, 3.8) is 0 Å². The van der Waals surface area contributed by atoms with Gasteiger partial charge in [0.25, 0.3) is 5.69 Å². The number of ether oxygens (including phenoxy) is 1. The molecule has 1 rings (SSSR count). The van der Waals surface area contributed by atoms with Crippen molar-refractivity contribution in [1.29, 1.82) is 0 Å². The maximum absolute atomic E-state index is 12.0. The number of hydrogen-bond acceptors (Lipinski definition) is 4. The van der Waals surface area contributed by atoms with Gasteiger partial charge in [0.2, 0.25) is 0 Å². The summed E-state index contributed by atoms with van der Waals surface area (Å²) in [6.45, 7) is -1.98. The van der Waals surface area contributed by atoms with Gasteiger partial charge in [0.05, 0.1) is 10.5 Å². The molecule has 0 fully saturated rings. The predicted octanol–water partition coefficient (Wildman–Crippen LogP) is 2.40. The van der Waals surface area contributed by atoms with Crippen LogP contribution in [0.2, 0.25) is 0 Å². The topological polar surface area (TPSA) is 69.4 Å². The SMILES string of the molecule is CC(=O)c1cc([N+](=O)[O-])ccc1OC(F)F. The van der Waals surface area contributed by atoms with Crippen LogP contribution in [-0.2, 0) is 0 Å². The molecule has 0 heterocycles. The van der Waals surface area contributed by atoms with Crippen LogP contribution in [-0.4, -0.2) is 17.3 Å². The fourth-order valence-electron chi connectivity index (χ4n) is 1.11. The number of nitro groups is 1. The molecule has 0 aromatic heterocycles. The van der Waals surface area contributed by atoms with Crippen LogP contribution in [0.1, 0.15) is 17.3 Å². The third-order valence-electron chi connectivity index (χ3n) is 1.77. The Balaban J connectivity index is 3.19. The number of halogens is 2. The predicted molar refractivity (Wildman–Crippen MR) is 49.7 cm³/mol. The molecule has 0 radical (unpaired) electrons. The molecule has 5 nitrogen and oxygen atoms in total. The molecule has 0 saturated carbocycles. The fourth-order valence-corrected chi connectivity index (χ4v) is 1.11. The van der Waals surface area contributed by atoms with E-state index in [2.05, 4.69) is 4.74 Å². The van der Waals surface area contributed by atoms with Crippen molar-refractivity contribution in [3.05, 3.63) is 33.9 Å². The molecule has 1 aromatic carbocycles. The molecule has 1 aromatic rings. The molecule has 86 valence electrons. The number of non-ortho nitro benzene ring substituents is 1. The highest BCUT2D eigenvalue weighted by Crippen LogP contribution is 2.25. The number of rotatable bonds is 4. The normalized spacial score (nSPS) is 10.2. The Morgan fingerprint density at radius 3 is 2.56 bits per heavy atom. The number of Topliss-reactive ketones (excluding diaryl/α,β-unsaturated/α-hetero) is 1. The number of carbonyl (C=O) groups is 1. The second-order valence-electron chi connectivity index (χ2n) is 2.87. The third-order valence-corrected chi connectivity index (χ3v) is 1.77. The minimum Gasteiger partial charge on any atom is -0.434 e. The summed E-state index contributed by atoms with van der Waals surface area (Å²) in [5.74, 6) is -0.951. The number of alkyl halides is 2. The van der Waals surface area contributed by atoms with Gasteiger partial charge >= 0.3 is 6.61 Å². The standard InChI is InChI=1S/C9H7F2NO4/c1-5(13)7-4-6(12(14)15)2-3-8(7)16-9(10)11/h2-4,9H,1H3. The second kappa shape index (κ2) is 4.65. The number of hydrogen-bond donors (Lipinski definition) is 0. The monoisotopic (exact) mass is 231 g/mol. The van der Waals surface area contributed by atoms with Gasteiger partial charge in [0, 0.05) is 12.1 Å². The molecule has 0 bridgehead atoms. The van der Waals surface area contributed by atoms with Gasteiger partial charge in [-0.3, -0.25) is 14.9 Å². The smallest absolute Gasteiger partial charge is 0.387 e. The first-order chi connectivity index (χ1) is 7.41. The first kappa shape index (κ1) is 12.0. The van der Waals surface area contributed by atoms with E-state index in [1.165, 1.54) is 0 Å². The van der Waals surface area contributed by atoms with Crippen molar-refractivity contribution < 1.29 is 23.2 Å². The summed E-state index contributed by atoms with van der Waals surface area (Å²) in [5.41, 5.74) is -0.596. The van der Waals surface area contributed by atoms with Gasteiger partial charge in [-0.05, 0) is 13.0 Å². The van der Waals surface area contributed by atoms with Crippen LogP contribution in [0.25, 0.3) is 0 Å². The van der Waals surface area contributed by atoms with Gasteiger partial charge in [-0.1, -0.05) is 0 Å². The summed E-state index contributed by atoms with van der Waals surface area (Å²) in [6.07, 6.45) is 0. The molecular formula is C9H7F2NO4. The molecule has 0 amide bonds. The Morgan fingerprint density at radius 2 is 2.12 bits per heavy atom. The number of nitro benzene ring substituents is 1. The summed E-state index contributed by atoms with van der Waals surface area (Å²) < 4.78 is 28.0. The quantitative estimate of drug-likeness (QED) is 0.453. The lowest BCUT2D eigenvalue weighted by molar-refractivity contribution is -0.384. The first-order valence-electron chi connectivity index (χ1n) is 4.16. The van der Waals surface area contributed by atoms with Gasteiger partial charge in [-0.25, -0.2) is 0 Å². The summed E-state index contributed by atoms with van der Waals surface area (Å²) in [7, 11) is 0. The van der Waals surface area contributed by atoms with Crippen LogP contribution in [0, 0.1) is 10.1 Å². The Kier molecular flexibility index (Phi) is 3.49. The number of nitrogens with zero attached hydrogens (tertiary/aromatic N) is 1. The van der Waals surface area contributed by atoms with Gasteiger partial charge in [0.1, 0.15) is 5.75 Å². The van der Waals surface area contributed by atoms with E-state index in [1.54, 1.807) is 0 Å². The third kappa shape index (κ3) is 2.72. The molecule has 0 N–H and O–H groups in total. The highest BCUT2D eigenvalue weighted by molar-refractivity contribution is 5.97. The van der Waals surface area contributed by atoms with Gasteiger partial charge in [-0.15, -0.1) is 0 Å². The Morgan fingerprint density at radius 1 is 1.50 bits per heavy atom. The minimum atomic E-state index is -3.08. The van der Waals surface area contributed by atoms with E-state index in [0.717, 1.165) is 25.1 Å². The van der Waals surface area contributed by atoms with E-state index < -0.39 is 17.3 Å². The van der Waals surface area contributed by atoms with Crippen LogP contribution in [0.4, 0.5) is 14.5 Å². The summed E-state index contributed by atoms with van der Waals surface area (Å²) in [5, 5.41) is 10.4. The van der Waals surface area contributed by atoms with Crippen LogP contribution in [0.5, 0.6) is 5.75 Å². The lowest BCUT2D eigenvalue weighted by Crippen LogP contribution is -2.07. The van der Waals surface area contributed by atoms with E-state index in [4.69, 9.17) is 0 Å². The van der Waals surface area contributed by atoms with Crippen molar-refractivity contribution in [1.82, 2.24) is 0 Å². The van der Waals surface area contributed by atoms with Gasteiger partial charge in [0.15, 0.2) is 5.78 Å². The van der Waals surface area contributed by atoms with Crippen LogP contribution >= 0.6 is 0 Å². The van der Waals surface area contributed by atoms with Crippen LogP contribution in [0.15, 0.2) is 18.2 Å². The molecule has 0 unspecified atom stereocenters. The molecule has 0 saturated heterocycles. The van der Waals surface area contributed by atoms with E-state index >= 15 is 0 Å². The van der Waals surface area contributed by atoms with E-state index in [1.807, 2.05) is 0 Å². The Bertz CT molecular complexity index is 434. The largest absolute Gasteiger partial charge is 0.434 e. The summed E-state index contributed by atoms with van der Waals surface area (Å²) in [6, 6.07) is 2.87. The summed E-state index contributed by atoms with van der Waals surface area (Å²) in [4.78, 5) is 20.8. The molecule has 16 heavy (non-hydrogen) atoms. The lowest BCUT2D eigenvalue weighted by atomic mass is 10.1. The molecule has 0 spiro atoms. The number of ketones is 1. The molecular weight excluding hydrogens is 224 g/mol. The zero-order chi connectivity index (χ0) is 12.3. The van der Waals surface area contributed by atoms with E-state index in [-0.39, 0.29) is 17.0 Å². The first-order valence-corrected chi connectivity index (χ1v) is 4.16. The van der Waals surface area contributed by atoms with Crippen LogP contribution in [0.3, 0.4) is 0 Å². The fraction of sp³-hybridized carbons (Fsp3) is 0.222. The number of carbonyl (C=O) groups excluding carboxylic acids is 1. The highest BCUT2D eigenvalue weighted by Gasteiger charge is 2.17. The van der Waals surface area contributed by atoms with E-state index in [9.17, 15) is 23.7 Å². The average molecular weight is 231 g/mol. The van der Waals surface area contributed by atoms with E-state index in [0.29, 0.717) is 0 Å². The Hall–Kier alpha value is -2.05. The maximum atomic E-state index is 12.0.